The van der Waals surface area contributed by atoms with Crippen LogP contribution in [0.5, 0.6) is 0 Å². The third-order valence-electron chi connectivity index (χ3n) is 4.08. The molecular weight excluding hydrogens is 266 g/mol. The van der Waals surface area contributed by atoms with Gasteiger partial charge in [-0.25, -0.2) is 4.39 Å². The second kappa shape index (κ2) is 3.15. The molecule has 0 aliphatic heterocycles. The molecule has 0 radical (unpaired) electrons. The van der Waals surface area contributed by atoms with Gasteiger partial charge in [0.15, 0.2) is 5.82 Å². The molecule has 90 valence electrons. The fourth-order valence-electron chi connectivity index (χ4n) is 3.18. The summed E-state index contributed by atoms with van der Waals surface area (Å²) < 4.78 is 13.3. The van der Waals surface area contributed by atoms with Gasteiger partial charge in [0.25, 0.3) is 0 Å². The normalized spacial score (nSPS) is 33.8. The van der Waals surface area contributed by atoms with Crippen LogP contribution in [0.3, 0.4) is 0 Å². The maximum Gasteiger partial charge on any atom is 0.309 e. The first-order valence-electron chi connectivity index (χ1n) is 5.27. The summed E-state index contributed by atoms with van der Waals surface area (Å²) >= 11 is 11.5. The van der Waals surface area contributed by atoms with Crippen LogP contribution in [0.4, 0.5) is 4.39 Å². The van der Waals surface area contributed by atoms with Crippen molar-refractivity contribution in [1.29, 1.82) is 0 Å². The summed E-state index contributed by atoms with van der Waals surface area (Å²) in [5.41, 5.74) is 0.171. The van der Waals surface area contributed by atoms with E-state index in [2.05, 4.69) is 0 Å². The summed E-state index contributed by atoms with van der Waals surface area (Å²) in [6.07, 6.45) is 1.81. The second-order valence-corrected chi connectivity index (χ2v) is 5.96. The maximum atomic E-state index is 13.3. The van der Waals surface area contributed by atoms with E-state index in [-0.39, 0.29) is 15.5 Å². The van der Waals surface area contributed by atoms with Gasteiger partial charge in [0.1, 0.15) is 0 Å². The van der Waals surface area contributed by atoms with Crippen LogP contribution in [0.25, 0.3) is 0 Å². The Kier molecular flexibility index (Phi) is 2.09. The van der Waals surface area contributed by atoms with Gasteiger partial charge in [-0.15, -0.1) is 0 Å². The third-order valence-corrected chi connectivity index (χ3v) is 4.63. The SMILES string of the molecule is O=C(O)C12CC(c3cc(Cl)c(F)c(Cl)c3)(C1)C2. The predicted molar refractivity (Wildman–Crippen MR) is 62.0 cm³/mol. The molecular formula is C12H9Cl2FO2. The highest BCUT2D eigenvalue weighted by atomic mass is 35.5. The molecule has 0 heterocycles. The van der Waals surface area contributed by atoms with Crippen molar-refractivity contribution in [1.82, 2.24) is 0 Å². The van der Waals surface area contributed by atoms with Crippen LogP contribution in [0, 0.1) is 11.2 Å². The number of carbonyl (C=O) groups is 1. The van der Waals surface area contributed by atoms with Crippen molar-refractivity contribution >= 4 is 29.2 Å². The molecule has 0 unspecified atom stereocenters. The van der Waals surface area contributed by atoms with Crippen molar-refractivity contribution in [2.75, 3.05) is 0 Å². The zero-order valence-electron chi connectivity index (χ0n) is 8.77. The van der Waals surface area contributed by atoms with Gasteiger partial charge < -0.3 is 5.11 Å². The average molecular weight is 275 g/mol. The Morgan fingerprint density at radius 1 is 1.24 bits per heavy atom. The molecule has 2 bridgehead atoms. The van der Waals surface area contributed by atoms with Crippen molar-refractivity contribution in [3.05, 3.63) is 33.6 Å². The van der Waals surface area contributed by atoms with Crippen LogP contribution in [0.1, 0.15) is 24.8 Å². The van der Waals surface area contributed by atoms with Gasteiger partial charge in [-0.3, -0.25) is 4.79 Å². The van der Waals surface area contributed by atoms with E-state index in [1.807, 2.05) is 0 Å². The Morgan fingerprint density at radius 2 is 1.71 bits per heavy atom. The molecule has 4 rings (SSSR count). The quantitative estimate of drug-likeness (QED) is 0.837. The van der Waals surface area contributed by atoms with Gasteiger partial charge in [-0.05, 0) is 42.4 Å². The lowest BCUT2D eigenvalue weighted by Crippen LogP contribution is -2.67. The van der Waals surface area contributed by atoms with E-state index in [1.165, 1.54) is 0 Å². The van der Waals surface area contributed by atoms with E-state index in [0.29, 0.717) is 19.3 Å². The molecule has 3 fully saturated rings. The smallest absolute Gasteiger partial charge is 0.309 e. The molecule has 0 aromatic heterocycles. The molecule has 1 N–H and O–H groups in total. The summed E-state index contributed by atoms with van der Waals surface area (Å²) in [5, 5.41) is 9.04. The van der Waals surface area contributed by atoms with Crippen LogP contribution in [-0.2, 0) is 10.2 Å². The Labute approximate surface area is 107 Å². The predicted octanol–water partition coefficient (Wildman–Crippen LogP) is 3.64. The van der Waals surface area contributed by atoms with Gasteiger partial charge in [-0.2, -0.15) is 0 Å². The lowest BCUT2D eigenvalue weighted by Gasteiger charge is -2.68. The highest BCUT2D eigenvalue weighted by molar-refractivity contribution is 6.35. The fourth-order valence-corrected chi connectivity index (χ4v) is 3.67. The summed E-state index contributed by atoms with van der Waals surface area (Å²) in [5.74, 6) is -1.35. The van der Waals surface area contributed by atoms with Crippen molar-refractivity contribution in [2.24, 2.45) is 5.41 Å². The second-order valence-electron chi connectivity index (χ2n) is 5.15. The van der Waals surface area contributed by atoms with E-state index in [0.717, 1.165) is 5.56 Å². The molecule has 1 aromatic carbocycles. The number of benzene rings is 1. The van der Waals surface area contributed by atoms with E-state index < -0.39 is 17.2 Å². The molecule has 3 saturated carbocycles. The van der Waals surface area contributed by atoms with Crippen molar-refractivity contribution in [2.45, 2.75) is 24.7 Å². The van der Waals surface area contributed by atoms with E-state index in [9.17, 15) is 9.18 Å². The standard InChI is InChI=1S/C12H9Cl2FO2/c13-7-1-6(2-8(14)9(7)15)11-3-12(4-11,5-11)10(16)17/h1-2H,3-5H2,(H,16,17). The minimum absolute atomic E-state index is 0.00148. The summed E-state index contributed by atoms with van der Waals surface area (Å²) in [7, 11) is 0. The molecule has 0 amide bonds. The minimum Gasteiger partial charge on any atom is -0.481 e. The summed E-state index contributed by atoms with van der Waals surface area (Å²) in [6.45, 7) is 0. The van der Waals surface area contributed by atoms with Crippen LogP contribution >= 0.6 is 23.2 Å². The minimum atomic E-state index is -0.737. The van der Waals surface area contributed by atoms with Gasteiger partial charge in [-0.1, -0.05) is 23.2 Å². The lowest BCUT2D eigenvalue weighted by atomic mass is 9.33. The fraction of sp³-hybridized carbons (Fsp3) is 0.417. The topological polar surface area (TPSA) is 37.3 Å². The molecule has 17 heavy (non-hydrogen) atoms. The largest absolute Gasteiger partial charge is 0.481 e. The van der Waals surface area contributed by atoms with Crippen molar-refractivity contribution < 1.29 is 14.3 Å². The number of carboxylic acids is 1. The highest BCUT2D eigenvalue weighted by Gasteiger charge is 2.72. The molecule has 2 nitrogen and oxygen atoms in total. The van der Waals surface area contributed by atoms with Crippen molar-refractivity contribution in [3.63, 3.8) is 0 Å². The van der Waals surface area contributed by atoms with Crippen LogP contribution < -0.4 is 0 Å². The Morgan fingerprint density at radius 3 is 2.12 bits per heavy atom. The van der Waals surface area contributed by atoms with Crippen LogP contribution in [0.2, 0.25) is 10.0 Å². The van der Waals surface area contributed by atoms with Gasteiger partial charge in [0, 0.05) is 0 Å². The van der Waals surface area contributed by atoms with Crippen molar-refractivity contribution in [3.8, 4) is 0 Å². The molecule has 1 aromatic rings. The zero-order valence-corrected chi connectivity index (χ0v) is 10.3. The number of hydrogen-bond donors (Lipinski definition) is 1. The molecule has 0 saturated heterocycles. The number of halogens is 3. The maximum absolute atomic E-state index is 13.3. The lowest BCUT2D eigenvalue weighted by molar-refractivity contribution is -0.194. The number of hydrogen-bond acceptors (Lipinski definition) is 1. The van der Waals surface area contributed by atoms with Gasteiger partial charge >= 0.3 is 5.97 Å². The monoisotopic (exact) mass is 274 g/mol. The summed E-state index contributed by atoms with van der Waals surface area (Å²) in [4.78, 5) is 11.0. The van der Waals surface area contributed by atoms with E-state index >= 15 is 0 Å². The Balaban J connectivity index is 1.92. The molecule has 0 spiro atoms. The van der Waals surface area contributed by atoms with Crippen LogP contribution in [0.15, 0.2) is 12.1 Å². The third kappa shape index (κ3) is 1.30. The number of carboxylic acid groups (broad SMARTS) is 1. The van der Waals surface area contributed by atoms with Crippen LogP contribution in [-0.4, -0.2) is 11.1 Å². The van der Waals surface area contributed by atoms with E-state index in [4.69, 9.17) is 28.3 Å². The first-order valence-corrected chi connectivity index (χ1v) is 6.03. The molecule has 0 atom stereocenters. The summed E-state index contributed by atoms with van der Waals surface area (Å²) in [6, 6.07) is 3.13. The highest BCUT2D eigenvalue weighted by Crippen LogP contribution is 2.73. The first kappa shape index (κ1) is 11.3. The molecule has 5 heteroatoms. The zero-order chi connectivity index (χ0) is 12.4. The number of rotatable bonds is 2. The number of aliphatic carboxylic acids is 1. The molecule has 3 aliphatic carbocycles. The average Bonchev–Trinajstić information content (AvgIpc) is 2.08. The van der Waals surface area contributed by atoms with Gasteiger partial charge in [0.05, 0.1) is 15.5 Å². The van der Waals surface area contributed by atoms with E-state index in [1.54, 1.807) is 12.1 Å². The van der Waals surface area contributed by atoms with Gasteiger partial charge in [0.2, 0.25) is 0 Å². The molecule has 3 aliphatic rings. The first-order chi connectivity index (χ1) is 7.89. The Hall–Kier alpha value is -0.800. The Bertz CT molecular complexity index is 499.